The Balaban J connectivity index is 2.06. The number of carbonyl (C=O) groups excluding carboxylic acids is 1. The smallest absolute Gasteiger partial charge is 0.254 e. The number of hydrogen-bond acceptors (Lipinski definition) is 4. The molecule has 1 aromatic heterocycles. The maximum atomic E-state index is 13.6. The third kappa shape index (κ3) is 2.88. The van der Waals surface area contributed by atoms with Crippen LogP contribution in [-0.2, 0) is 0 Å². The van der Waals surface area contributed by atoms with Crippen LogP contribution in [-0.4, -0.2) is 28.4 Å². The fraction of sp³-hybridized carbons (Fsp3) is 0.455. The molecule has 1 amide bonds. The van der Waals surface area contributed by atoms with Gasteiger partial charge in [-0.1, -0.05) is 0 Å². The molecule has 0 aliphatic carbocycles. The number of pyridine rings is 1. The van der Waals surface area contributed by atoms with Crippen molar-refractivity contribution in [3.8, 4) is 0 Å². The third-order valence-electron chi connectivity index (χ3n) is 2.72. The van der Waals surface area contributed by atoms with Gasteiger partial charge in [0.15, 0.2) is 11.6 Å². The Kier molecular flexibility index (Phi) is 3.83. The fourth-order valence-corrected chi connectivity index (χ4v) is 2.85. The summed E-state index contributed by atoms with van der Waals surface area (Å²) in [5, 5.41) is 2.83. The highest BCUT2D eigenvalue weighted by molar-refractivity contribution is 7.99. The van der Waals surface area contributed by atoms with E-state index in [1.807, 2.05) is 11.8 Å². The number of anilines is 1. The van der Waals surface area contributed by atoms with Gasteiger partial charge in [0.2, 0.25) is 0 Å². The van der Waals surface area contributed by atoms with E-state index in [9.17, 15) is 9.18 Å². The van der Waals surface area contributed by atoms with Crippen LogP contribution >= 0.6 is 11.8 Å². The molecule has 3 N–H and O–H groups in total. The Labute approximate surface area is 103 Å². The van der Waals surface area contributed by atoms with Crippen LogP contribution in [0.4, 0.5) is 10.2 Å². The molecule has 1 aliphatic rings. The molecule has 0 saturated carbocycles. The van der Waals surface area contributed by atoms with Gasteiger partial charge in [-0.25, -0.2) is 9.37 Å². The number of carbonyl (C=O) groups is 1. The van der Waals surface area contributed by atoms with Gasteiger partial charge in [0.25, 0.3) is 5.91 Å². The second-order valence-electron chi connectivity index (χ2n) is 3.92. The molecule has 1 fully saturated rings. The van der Waals surface area contributed by atoms with Gasteiger partial charge in [-0.05, 0) is 30.4 Å². The van der Waals surface area contributed by atoms with Crippen LogP contribution in [0.2, 0.25) is 0 Å². The molecule has 0 atom stereocenters. The van der Waals surface area contributed by atoms with Crippen LogP contribution in [0.1, 0.15) is 23.2 Å². The van der Waals surface area contributed by atoms with E-state index in [4.69, 9.17) is 5.73 Å². The Morgan fingerprint density at radius 1 is 1.53 bits per heavy atom. The van der Waals surface area contributed by atoms with Gasteiger partial charge in [0, 0.05) is 12.2 Å². The van der Waals surface area contributed by atoms with Gasteiger partial charge >= 0.3 is 0 Å². The summed E-state index contributed by atoms with van der Waals surface area (Å²) in [5.41, 5.74) is 5.29. The molecule has 1 saturated heterocycles. The topological polar surface area (TPSA) is 68.0 Å². The summed E-state index contributed by atoms with van der Waals surface area (Å²) in [6.07, 6.45) is 3.20. The predicted molar refractivity (Wildman–Crippen MR) is 66.4 cm³/mol. The van der Waals surface area contributed by atoms with Crippen LogP contribution in [0.25, 0.3) is 0 Å². The minimum Gasteiger partial charge on any atom is -0.381 e. The van der Waals surface area contributed by atoms with Crippen LogP contribution in [0, 0.1) is 5.82 Å². The molecule has 17 heavy (non-hydrogen) atoms. The normalized spacial score (nSPS) is 16.8. The molecule has 0 aromatic carbocycles. The maximum Gasteiger partial charge on any atom is 0.254 e. The summed E-state index contributed by atoms with van der Waals surface area (Å²) in [5.74, 6) is 0.679. The lowest BCUT2D eigenvalue weighted by Crippen LogP contribution is -2.37. The zero-order valence-corrected chi connectivity index (χ0v) is 10.1. The van der Waals surface area contributed by atoms with Gasteiger partial charge in [-0.15, -0.1) is 0 Å². The summed E-state index contributed by atoms with van der Waals surface area (Å²) in [4.78, 5) is 15.4. The number of hydrogen-bond donors (Lipinski definition) is 2. The molecule has 4 nitrogen and oxygen atoms in total. The van der Waals surface area contributed by atoms with Crippen LogP contribution in [0.3, 0.4) is 0 Å². The Bertz CT molecular complexity index is 421. The van der Waals surface area contributed by atoms with Crippen molar-refractivity contribution in [2.75, 3.05) is 17.2 Å². The maximum absolute atomic E-state index is 13.6. The Hall–Kier alpha value is -1.30. The second-order valence-corrected chi connectivity index (χ2v) is 5.14. The molecule has 0 unspecified atom stereocenters. The zero-order chi connectivity index (χ0) is 12.3. The monoisotopic (exact) mass is 255 g/mol. The minimum atomic E-state index is -0.741. The number of nitrogens with zero attached hydrogens (tertiary/aromatic N) is 1. The number of amides is 1. The molecule has 6 heteroatoms. The van der Waals surface area contributed by atoms with Crippen molar-refractivity contribution in [2.45, 2.75) is 18.9 Å². The van der Waals surface area contributed by atoms with Gasteiger partial charge in [-0.3, -0.25) is 4.79 Å². The quantitative estimate of drug-likeness (QED) is 0.839. The first-order valence-corrected chi connectivity index (χ1v) is 6.62. The number of halogens is 1. The van der Waals surface area contributed by atoms with Crippen molar-refractivity contribution in [1.82, 2.24) is 10.3 Å². The lowest BCUT2D eigenvalue weighted by atomic mass is 10.1. The summed E-state index contributed by atoms with van der Waals surface area (Å²) in [6.45, 7) is 0. The molecule has 0 bridgehead atoms. The third-order valence-corrected chi connectivity index (χ3v) is 3.77. The minimum absolute atomic E-state index is 0.0317. The number of aromatic nitrogens is 1. The summed E-state index contributed by atoms with van der Waals surface area (Å²) in [7, 11) is 0. The lowest BCUT2D eigenvalue weighted by molar-refractivity contribution is 0.0930. The molecule has 1 aromatic rings. The molecule has 2 heterocycles. The molecule has 0 radical (unpaired) electrons. The van der Waals surface area contributed by atoms with E-state index in [1.165, 1.54) is 12.3 Å². The number of rotatable bonds is 2. The average molecular weight is 255 g/mol. The zero-order valence-electron chi connectivity index (χ0n) is 9.28. The fourth-order valence-electron chi connectivity index (χ4n) is 1.74. The molecule has 1 aliphatic heterocycles. The van der Waals surface area contributed by atoms with Gasteiger partial charge in [-0.2, -0.15) is 11.8 Å². The van der Waals surface area contributed by atoms with Crippen molar-refractivity contribution in [3.63, 3.8) is 0 Å². The molecular formula is C11H14FN3OS. The van der Waals surface area contributed by atoms with Crippen LogP contribution in [0.5, 0.6) is 0 Å². The molecule has 2 rings (SSSR count). The Morgan fingerprint density at radius 3 is 2.94 bits per heavy atom. The van der Waals surface area contributed by atoms with E-state index in [0.717, 1.165) is 24.3 Å². The van der Waals surface area contributed by atoms with Crippen molar-refractivity contribution in [3.05, 3.63) is 23.6 Å². The largest absolute Gasteiger partial charge is 0.381 e. The highest BCUT2D eigenvalue weighted by Gasteiger charge is 2.20. The first kappa shape index (κ1) is 12.2. The van der Waals surface area contributed by atoms with Gasteiger partial charge < -0.3 is 11.1 Å². The van der Waals surface area contributed by atoms with Gasteiger partial charge in [0.05, 0.1) is 5.56 Å². The summed E-state index contributed by atoms with van der Waals surface area (Å²) in [6, 6.07) is 1.48. The number of nitrogens with two attached hydrogens (primary N) is 1. The predicted octanol–water partition coefficient (Wildman–Crippen LogP) is 1.43. The van der Waals surface area contributed by atoms with E-state index in [2.05, 4.69) is 10.3 Å². The van der Waals surface area contributed by atoms with E-state index in [-0.39, 0.29) is 17.4 Å². The van der Waals surface area contributed by atoms with Crippen molar-refractivity contribution in [1.29, 1.82) is 0 Å². The Morgan fingerprint density at radius 2 is 2.24 bits per heavy atom. The molecule has 0 spiro atoms. The van der Waals surface area contributed by atoms with E-state index < -0.39 is 11.7 Å². The number of nitrogen functional groups attached to an aromatic ring is 1. The SMILES string of the molecule is Nc1nccc(C(=O)NC2CCSCC2)c1F. The number of nitrogens with one attached hydrogen (secondary N) is 1. The first-order valence-electron chi connectivity index (χ1n) is 5.47. The highest BCUT2D eigenvalue weighted by atomic mass is 32.2. The molecular weight excluding hydrogens is 241 g/mol. The highest BCUT2D eigenvalue weighted by Crippen LogP contribution is 2.18. The number of thioether (sulfide) groups is 1. The van der Waals surface area contributed by atoms with Crippen LogP contribution in [0.15, 0.2) is 12.3 Å². The second kappa shape index (κ2) is 5.35. The summed E-state index contributed by atoms with van der Waals surface area (Å²) < 4.78 is 13.6. The molecule has 92 valence electrons. The standard InChI is InChI=1S/C11H14FN3OS/c12-9-8(1-4-14-10(9)13)11(16)15-7-2-5-17-6-3-7/h1,4,7H,2-3,5-6H2,(H2,13,14)(H,15,16). The van der Waals surface area contributed by atoms with E-state index in [1.54, 1.807) is 0 Å². The summed E-state index contributed by atoms with van der Waals surface area (Å²) >= 11 is 1.87. The van der Waals surface area contributed by atoms with Crippen molar-refractivity contribution in [2.24, 2.45) is 0 Å². The van der Waals surface area contributed by atoms with E-state index in [0.29, 0.717) is 0 Å². The van der Waals surface area contributed by atoms with Crippen LogP contribution < -0.4 is 11.1 Å². The average Bonchev–Trinajstić information content (AvgIpc) is 2.34. The first-order chi connectivity index (χ1) is 8.18. The van der Waals surface area contributed by atoms with Gasteiger partial charge in [0.1, 0.15) is 0 Å². The van der Waals surface area contributed by atoms with Crippen molar-refractivity contribution < 1.29 is 9.18 Å². The lowest BCUT2D eigenvalue weighted by Gasteiger charge is -2.22. The van der Waals surface area contributed by atoms with Crippen molar-refractivity contribution >= 4 is 23.5 Å². The van der Waals surface area contributed by atoms with E-state index >= 15 is 0 Å².